The summed E-state index contributed by atoms with van der Waals surface area (Å²) in [6.45, 7) is 2.10. The van der Waals surface area contributed by atoms with Gasteiger partial charge in [-0.25, -0.2) is 4.68 Å². The lowest BCUT2D eigenvalue weighted by molar-refractivity contribution is -0.141. The van der Waals surface area contributed by atoms with Crippen molar-refractivity contribution in [2.75, 3.05) is 13.1 Å². The second kappa shape index (κ2) is 7.65. The number of ether oxygens (including phenoxy) is 1. The van der Waals surface area contributed by atoms with Crippen molar-refractivity contribution in [1.29, 1.82) is 0 Å². The minimum atomic E-state index is -0.374. The van der Waals surface area contributed by atoms with Gasteiger partial charge in [-0.15, -0.1) is 0 Å². The zero-order chi connectivity index (χ0) is 19.8. The van der Waals surface area contributed by atoms with E-state index in [1.807, 2.05) is 29.2 Å². The van der Waals surface area contributed by atoms with Crippen molar-refractivity contribution >= 4 is 5.91 Å². The number of likely N-dealkylation sites (tertiary alicyclic amines) is 1. The van der Waals surface area contributed by atoms with E-state index in [0.29, 0.717) is 18.4 Å². The topological polar surface area (TPSA) is 64.4 Å². The second-order valence-corrected chi connectivity index (χ2v) is 8.57. The van der Waals surface area contributed by atoms with E-state index in [1.165, 1.54) is 18.4 Å². The molecule has 3 heterocycles. The first-order valence-electron chi connectivity index (χ1n) is 10.8. The third-order valence-electron chi connectivity index (χ3n) is 6.43. The Balaban J connectivity index is 1.17. The van der Waals surface area contributed by atoms with Crippen LogP contribution in [0.25, 0.3) is 0 Å². The summed E-state index contributed by atoms with van der Waals surface area (Å²) in [5.41, 5.74) is 2.20. The Morgan fingerprint density at radius 1 is 1.03 bits per heavy atom. The number of hydrogen-bond donors (Lipinski definition) is 0. The molecule has 1 aliphatic carbocycles. The normalized spacial score (nSPS) is 22.1. The van der Waals surface area contributed by atoms with E-state index in [1.54, 1.807) is 10.7 Å². The minimum Gasteiger partial charge on any atom is -0.480 e. The van der Waals surface area contributed by atoms with Crippen molar-refractivity contribution in [2.45, 2.75) is 57.1 Å². The van der Waals surface area contributed by atoms with Gasteiger partial charge in [0.1, 0.15) is 5.75 Å². The van der Waals surface area contributed by atoms with Crippen molar-refractivity contribution in [3.05, 3.63) is 58.0 Å². The van der Waals surface area contributed by atoms with Gasteiger partial charge in [-0.2, -0.15) is 5.10 Å². The van der Waals surface area contributed by atoms with Crippen molar-refractivity contribution in [1.82, 2.24) is 14.7 Å². The minimum absolute atomic E-state index is 0.0258. The van der Waals surface area contributed by atoms with Crippen LogP contribution in [0.2, 0.25) is 0 Å². The number of carbonyl (C=O) groups is 1. The fourth-order valence-electron chi connectivity index (χ4n) is 4.47. The summed E-state index contributed by atoms with van der Waals surface area (Å²) in [7, 11) is 0. The molecule has 0 bridgehead atoms. The van der Waals surface area contributed by atoms with Gasteiger partial charge < -0.3 is 9.64 Å². The molecule has 1 aromatic carbocycles. The van der Waals surface area contributed by atoms with E-state index in [9.17, 15) is 9.59 Å². The largest absolute Gasteiger partial charge is 0.480 e. The quantitative estimate of drug-likeness (QED) is 0.801. The number of aryl methyl sites for hydroxylation is 1. The third-order valence-corrected chi connectivity index (χ3v) is 6.43. The van der Waals surface area contributed by atoms with Crippen molar-refractivity contribution in [3.63, 3.8) is 0 Å². The van der Waals surface area contributed by atoms with Gasteiger partial charge in [-0.3, -0.25) is 9.59 Å². The highest BCUT2D eigenvalue weighted by Crippen LogP contribution is 2.38. The van der Waals surface area contributed by atoms with Gasteiger partial charge in [0.05, 0.1) is 5.69 Å². The van der Waals surface area contributed by atoms with Crippen LogP contribution in [0.5, 0.6) is 5.75 Å². The molecule has 1 saturated carbocycles. The fraction of sp³-hybridized carbons (Fsp3) is 0.522. The van der Waals surface area contributed by atoms with E-state index in [4.69, 9.17) is 4.74 Å². The molecule has 1 saturated heterocycles. The zero-order valence-electron chi connectivity index (χ0n) is 16.6. The standard InChI is InChI=1S/C23H27N3O3/c27-22-10-8-19(17-5-6-17)24-26(22)15-16-11-13-25(14-12-16)23(28)21-9-7-18-3-1-2-4-20(18)29-21/h1-4,8,10,16-17,21H,5-7,9,11-15H2. The average molecular weight is 393 g/mol. The van der Waals surface area contributed by atoms with E-state index >= 15 is 0 Å². The molecule has 2 fully saturated rings. The van der Waals surface area contributed by atoms with Crippen molar-refractivity contribution in [3.8, 4) is 5.75 Å². The number of amides is 1. The zero-order valence-corrected chi connectivity index (χ0v) is 16.6. The van der Waals surface area contributed by atoms with Crippen LogP contribution in [0.3, 0.4) is 0 Å². The lowest BCUT2D eigenvalue weighted by Gasteiger charge is -2.35. The fourth-order valence-corrected chi connectivity index (χ4v) is 4.47. The van der Waals surface area contributed by atoms with Gasteiger partial charge in [0.25, 0.3) is 11.5 Å². The maximum Gasteiger partial charge on any atom is 0.266 e. The Hall–Kier alpha value is -2.63. The van der Waals surface area contributed by atoms with Crippen molar-refractivity contribution < 1.29 is 9.53 Å². The van der Waals surface area contributed by atoms with Gasteiger partial charge in [0.15, 0.2) is 6.10 Å². The molecular formula is C23H27N3O3. The first kappa shape index (κ1) is 18.4. The smallest absolute Gasteiger partial charge is 0.266 e. The third kappa shape index (κ3) is 3.93. The first-order chi connectivity index (χ1) is 14.2. The SMILES string of the molecule is O=C(C1CCc2ccccc2O1)N1CCC(Cn2nc(C3CC3)ccc2=O)CC1. The summed E-state index contributed by atoms with van der Waals surface area (Å²) in [5, 5.41) is 4.58. The Bertz CT molecular complexity index is 958. The van der Waals surface area contributed by atoms with Crippen LogP contribution >= 0.6 is 0 Å². The summed E-state index contributed by atoms with van der Waals surface area (Å²) >= 11 is 0. The molecule has 1 unspecified atom stereocenters. The van der Waals surface area contributed by atoms with Crippen LogP contribution in [0.15, 0.2) is 41.2 Å². The molecular weight excluding hydrogens is 366 g/mol. The van der Waals surface area contributed by atoms with Crippen LogP contribution in [0, 0.1) is 5.92 Å². The summed E-state index contributed by atoms with van der Waals surface area (Å²) < 4.78 is 7.62. The Morgan fingerprint density at radius 3 is 2.62 bits per heavy atom. The van der Waals surface area contributed by atoms with Crippen LogP contribution in [-0.2, 0) is 17.8 Å². The molecule has 6 nitrogen and oxygen atoms in total. The van der Waals surface area contributed by atoms with Crippen LogP contribution in [0.1, 0.15) is 49.3 Å². The number of aromatic nitrogens is 2. The van der Waals surface area contributed by atoms with Gasteiger partial charge >= 0.3 is 0 Å². The maximum absolute atomic E-state index is 12.9. The van der Waals surface area contributed by atoms with E-state index in [-0.39, 0.29) is 17.6 Å². The summed E-state index contributed by atoms with van der Waals surface area (Å²) in [5.74, 6) is 1.87. The molecule has 2 aliphatic heterocycles. The molecule has 1 atom stereocenters. The van der Waals surface area contributed by atoms with Gasteiger partial charge in [-0.1, -0.05) is 18.2 Å². The van der Waals surface area contributed by atoms with Gasteiger partial charge in [0, 0.05) is 31.6 Å². The number of carbonyl (C=O) groups excluding carboxylic acids is 1. The lowest BCUT2D eigenvalue weighted by atomic mass is 9.95. The molecule has 2 aromatic rings. The summed E-state index contributed by atoms with van der Waals surface area (Å²) in [6, 6.07) is 11.5. The molecule has 0 spiro atoms. The predicted octanol–water partition coefficient (Wildman–Crippen LogP) is 2.75. The Labute approximate surface area is 170 Å². The highest BCUT2D eigenvalue weighted by atomic mass is 16.5. The van der Waals surface area contributed by atoms with Gasteiger partial charge in [0.2, 0.25) is 0 Å². The number of piperidine rings is 1. The molecule has 0 N–H and O–H groups in total. The van der Waals surface area contributed by atoms with Crippen LogP contribution < -0.4 is 10.3 Å². The van der Waals surface area contributed by atoms with E-state index < -0.39 is 0 Å². The molecule has 152 valence electrons. The lowest BCUT2D eigenvalue weighted by Crippen LogP contribution is -2.47. The molecule has 0 radical (unpaired) electrons. The molecule has 5 rings (SSSR count). The second-order valence-electron chi connectivity index (χ2n) is 8.57. The average Bonchev–Trinajstić information content (AvgIpc) is 3.60. The Morgan fingerprint density at radius 2 is 1.83 bits per heavy atom. The molecule has 1 amide bonds. The number of hydrogen-bond acceptors (Lipinski definition) is 4. The van der Waals surface area contributed by atoms with Crippen molar-refractivity contribution in [2.24, 2.45) is 5.92 Å². The summed E-state index contributed by atoms with van der Waals surface area (Å²) in [6.07, 6.45) is 5.41. The molecule has 3 aliphatic rings. The number of benzene rings is 1. The first-order valence-corrected chi connectivity index (χ1v) is 10.8. The predicted molar refractivity (Wildman–Crippen MR) is 109 cm³/mol. The molecule has 6 heteroatoms. The van der Waals surface area contributed by atoms with Crippen LogP contribution in [0.4, 0.5) is 0 Å². The monoisotopic (exact) mass is 393 g/mol. The number of rotatable bonds is 4. The van der Waals surface area contributed by atoms with E-state index in [0.717, 1.165) is 50.2 Å². The highest BCUT2D eigenvalue weighted by molar-refractivity contribution is 5.81. The van der Waals surface area contributed by atoms with E-state index in [2.05, 4.69) is 11.2 Å². The number of para-hydroxylation sites is 1. The Kier molecular flexibility index (Phi) is 4.86. The molecule has 1 aromatic heterocycles. The number of fused-ring (bicyclic) bond motifs is 1. The van der Waals surface area contributed by atoms with Gasteiger partial charge in [-0.05, 0) is 62.1 Å². The summed E-state index contributed by atoms with van der Waals surface area (Å²) in [4.78, 5) is 27.1. The van der Waals surface area contributed by atoms with Crippen LogP contribution in [-0.4, -0.2) is 39.8 Å². The molecule has 29 heavy (non-hydrogen) atoms. The number of nitrogens with zero attached hydrogens (tertiary/aromatic N) is 3. The highest BCUT2D eigenvalue weighted by Gasteiger charge is 2.32. The maximum atomic E-state index is 12.9.